The highest BCUT2D eigenvalue weighted by atomic mass is 16.6. The molecule has 136 valence electrons. The molecule has 0 aliphatic carbocycles. The molecule has 0 unspecified atom stereocenters. The number of furan rings is 1. The van der Waals surface area contributed by atoms with Crippen LogP contribution in [-0.4, -0.2) is 16.7 Å². The van der Waals surface area contributed by atoms with Crippen molar-refractivity contribution in [1.29, 1.82) is 0 Å². The fourth-order valence-electron chi connectivity index (χ4n) is 2.39. The number of carbonyl (C=O) groups is 2. The Kier molecular flexibility index (Phi) is 4.98. The summed E-state index contributed by atoms with van der Waals surface area (Å²) in [7, 11) is 0. The summed E-state index contributed by atoms with van der Waals surface area (Å²) in [6.07, 6.45) is 1.39. The number of amides is 2. The second kappa shape index (κ2) is 7.52. The molecule has 0 saturated carbocycles. The number of benzene rings is 2. The number of anilines is 2. The van der Waals surface area contributed by atoms with E-state index in [-0.39, 0.29) is 11.4 Å². The van der Waals surface area contributed by atoms with Gasteiger partial charge in [-0.15, -0.1) is 0 Å². The van der Waals surface area contributed by atoms with E-state index >= 15 is 0 Å². The van der Waals surface area contributed by atoms with Crippen LogP contribution < -0.4 is 10.6 Å². The van der Waals surface area contributed by atoms with Crippen molar-refractivity contribution in [3.8, 4) is 0 Å². The maximum absolute atomic E-state index is 12.5. The van der Waals surface area contributed by atoms with Crippen molar-refractivity contribution >= 4 is 28.9 Å². The molecule has 0 radical (unpaired) electrons. The van der Waals surface area contributed by atoms with E-state index < -0.39 is 16.7 Å². The average Bonchev–Trinajstić information content (AvgIpc) is 3.18. The number of carbonyl (C=O) groups excluding carboxylic acids is 2. The van der Waals surface area contributed by atoms with Gasteiger partial charge in [0.05, 0.1) is 11.2 Å². The van der Waals surface area contributed by atoms with Gasteiger partial charge < -0.3 is 15.1 Å². The Balaban J connectivity index is 1.78. The molecule has 8 nitrogen and oxygen atoms in total. The molecule has 0 aliphatic heterocycles. The van der Waals surface area contributed by atoms with Crippen molar-refractivity contribution < 1.29 is 18.9 Å². The average molecular weight is 365 g/mol. The van der Waals surface area contributed by atoms with Crippen LogP contribution in [0, 0.1) is 17.0 Å². The molecule has 0 fully saturated rings. The Morgan fingerprint density at radius 1 is 1.00 bits per heavy atom. The maximum atomic E-state index is 12.5. The number of nitro benzene ring substituents is 1. The van der Waals surface area contributed by atoms with Gasteiger partial charge in [0.25, 0.3) is 17.5 Å². The van der Waals surface area contributed by atoms with E-state index in [0.29, 0.717) is 16.9 Å². The highest BCUT2D eigenvalue weighted by Crippen LogP contribution is 2.21. The molecule has 1 aromatic heterocycles. The molecule has 1 heterocycles. The predicted octanol–water partition coefficient (Wildman–Crippen LogP) is 4.00. The summed E-state index contributed by atoms with van der Waals surface area (Å²) in [5.41, 5.74) is 1.70. The molecule has 3 aromatic rings. The number of hydrogen-bond acceptors (Lipinski definition) is 5. The van der Waals surface area contributed by atoms with Gasteiger partial charge in [-0.25, -0.2) is 0 Å². The standard InChI is InChI=1S/C19H15N3O5/c1-12-7-8-13(10-16(12)21-19(24)17-6-3-9-27-17)18(23)20-14-4-2-5-15(11-14)22(25)26/h2-11H,1H3,(H,20,23)(H,21,24). The molecule has 27 heavy (non-hydrogen) atoms. The second-order valence-corrected chi connectivity index (χ2v) is 5.72. The summed E-state index contributed by atoms with van der Waals surface area (Å²) in [5, 5.41) is 16.1. The number of nitrogens with one attached hydrogen (secondary N) is 2. The number of nitrogens with zero attached hydrogens (tertiary/aromatic N) is 1. The van der Waals surface area contributed by atoms with E-state index in [2.05, 4.69) is 10.6 Å². The number of hydrogen-bond donors (Lipinski definition) is 2. The SMILES string of the molecule is Cc1ccc(C(=O)Nc2cccc([N+](=O)[O-])c2)cc1NC(=O)c1ccco1. The van der Waals surface area contributed by atoms with Gasteiger partial charge in [0.2, 0.25) is 0 Å². The quantitative estimate of drug-likeness (QED) is 0.524. The van der Waals surface area contributed by atoms with Crippen LogP contribution in [0.1, 0.15) is 26.5 Å². The summed E-state index contributed by atoms with van der Waals surface area (Å²) < 4.78 is 5.05. The lowest BCUT2D eigenvalue weighted by molar-refractivity contribution is -0.384. The lowest BCUT2D eigenvalue weighted by Crippen LogP contribution is -2.15. The highest BCUT2D eigenvalue weighted by molar-refractivity contribution is 6.07. The Hall–Kier alpha value is -3.94. The topological polar surface area (TPSA) is 114 Å². The first-order valence-corrected chi connectivity index (χ1v) is 7.95. The van der Waals surface area contributed by atoms with E-state index in [0.717, 1.165) is 5.56 Å². The molecule has 2 N–H and O–H groups in total. The molecule has 3 rings (SSSR count). The van der Waals surface area contributed by atoms with Crippen molar-refractivity contribution in [2.75, 3.05) is 10.6 Å². The van der Waals surface area contributed by atoms with Gasteiger partial charge in [-0.05, 0) is 42.8 Å². The zero-order valence-corrected chi connectivity index (χ0v) is 14.3. The molecular weight excluding hydrogens is 350 g/mol. The Morgan fingerprint density at radius 2 is 1.81 bits per heavy atom. The van der Waals surface area contributed by atoms with E-state index in [1.54, 1.807) is 31.2 Å². The summed E-state index contributed by atoms with van der Waals surface area (Å²) in [6, 6.07) is 13.6. The third kappa shape index (κ3) is 4.18. The van der Waals surface area contributed by atoms with Crippen molar-refractivity contribution in [2.24, 2.45) is 0 Å². The van der Waals surface area contributed by atoms with Gasteiger partial charge in [0, 0.05) is 29.1 Å². The molecule has 0 aliphatic rings. The van der Waals surface area contributed by atoms with E-state index in [4.69, 9.17) is 4.42 Å². The minimum Gasteiger partial charge on any atom is -0.459 e. The fourth-order valence-corrected chi connectivity index (χ4v) is 2.39. The first kappa shape index (κ1) is 17.9. The first-order valence-electron chi connectivity index (χ1n) is 7.95. The number of aryl methyl sites for hydroxylation is 1. The zero-order valence-electron chi connectivity index (χ0n) is 14.3. The van der Waals surface area contributed by atoms with Crippen molar-refractivity contribution in [2.45, 2.75) is 6.92 Å². The molecule has 0 bridgehead atoms. The van der Waals surface area contributed by atoms with Gasteiger partial charge >= 0.3 is 0 Å². The first-order chi connectivity index (χ1) is 12.9. The van der Waals surface area contributed by atoms with Crippen LogP contribution >= 0.6 is 0 Å². The van der Waals surface area contributed by atoms with E-state index in [1.807, 2.05) is 0 Å². The minimum atomic E-state index is -0.538. The third-order valence-corrected chi connectivity index (χ3v) is 3.81. The van der Waals surface area contributed by atoms with Crippen molar-refractivity contribution in [1.82, 2.24) is 0 Å². The molecule has 2 amide bonds. The number of rotatable bonds is 5. The van der Waals surface area contributed by atoms with Crippen molar-refractivity contribution in [3.05, 3.63) is 87.9 Å². The number of nitro groups is 1. The molecule has 8 heteroatoms. The Morgan fingerprint density at radius 3 is 2.52 bits per heavy atom. The molecule has 0 atom stereocenters. The highest BCUT2D eigenvalue weighted by Gasteiger charge is 2.14. The summed E-state index contributed by atoms with van der Waals surface area (Å²) in [5.74, 6) is -0.732. The van der Waals surface area contributed by atoms with Crippen molar-refractivity contribution in [3.63, 3.8) is 0 Å². The van der Waals surface area contributed by atoms with Crippen LogP contribution in [0.2, 0.25) is 0 Å². The van der Waals surface area contributed by atoms with Gasteiger partial charge in [0.15, 0.2) is 5.76 Å². The van der Waals surface area contributed by atoms with Gasteiger partial charge in [-0.1, -0.05) is 12.1 Å². The maximum Gasteiger partial charge on any atom is 0.291 e. The monoisotopic (exact) mass is 365 g/mol. The third-order valence-electron chi connectivity index (χ3n) is 3.81. The Labute approximate surface area is 154 Å². The van der Waals surface area contributed by atoms with Crippen LogP contribution in [0.25, 0.3) is 0 Å². The lowest BCUT2D eigenvalue weighted by atomic mass is 10.1. The largest absolute Gasteiger partial charge is 0.459 e. The number of non-ortho nitro benzene ring substituents is 1. The Bertz CT molecular complexity index is 1010. The normalized spacial score (nSPS) is 10.3. The summed E-state index contributed by atoms with van der Waals surface area (Å²) >= 11 is 0. The van der Waals surface area contributed by atoms with Crippen LogP contribution in [0.3, 0.4) is 0 Å². The molecule has 0 saturated heterocycles. The molecule has 2 aromatic carbocycles. The second-order valence-electron chi connectivity index (χ2n) is 5.72. The van der Waals surface area contributed by atoms with Crippen LogP contribution in [0.5, 0.6) is 0 Å². The minimum absolute atomic E-state index is 0.122. The summed E-state index contributed by atoms with van der Waals surface area (Å²) in [4.78, 5) is 34.9. The fraction of sp³-hybridized carbons (Fsp3) is 0.0526. The van der Waals surface area contributed by atoms with Gasteiger partial charge in [-0.3, -0.25) is 19.7 Å². The van der Waals surface area contributed by atoms with Crippen LogP contribution in [0.15, 0.2) is 65.3 Å². The molecule has 0 spiro atoms. The molecular formula is C19H15N3O5. The van der Waals surface area contributed by atoms with E-state index in [1.165, 1.54) is 36.6 Å². The van der Waals surface area contributed by atoms with Gasteiger partial charge in [0.1, 0.15) is 0 Å². The van der Waals surface area contributed by atoms with E-state index in [9.17, 15) is 19.7 Å². The van der Waals surface area contributed by atoms with Crippen LogP contribution in [-0.2, 0) is 0 Å². The smallest absolute Gasteiger partial charge is 0.291 e. The lowest BCUT2D eigenvalue weighted by Gasteiger charge is -2.10. The van der Waals surface area contributed by atoms with Gasteiger partial charge in [-0.2, -0.15) is 0 Å². The van der Waals surface area contributed by atoms with Crippen LogP contribution in [0.4, 0.5) is 17.1 Å². The predicted molar refractivity (Wildman–Crippen MR) is 98.9 cm³/mol. The summed E-state index contributed by atoms with van der Waals surface area (Å²) in [6.45, 7) is 1.79. The zero-order chi connectivity index (χ0) is 19.4.